The van der Waals surface area contributed by atoms with Gasteiger partial charge in [0.05, 0.1) is 12.1 Å². The quantitative estimate of drug-likeness (QED) is 0.926. The zero-order valence-electron chi connectivity index (χ0n) is 9.41. The normalized spacial score (nSPS) is 10.4. The number of hydrogen-bond donors (Lipinski definition) is 1. The fourth-order valence-electron chi connectivity index (χ4n) is 1.33. The van der Waals surface area contributed by atoms with Gasteiger partial charge in [0.1, 0.15) is 5.82 Å². The lowest BCUT2D eigenvalue weighted by Gasteiger charge is -2.04. The third kappa shape index (κ3) is 2.84. The number of halogens is 2. The lowest BCUT2D eigenvalue weighted by Crippen LogP contribution is -2.24. The molecule has 0 saturated heterocycles. The molecule has 0 atom stereocenters. The summed E-state index contributed by atoms with van der Waals surface area (Å²) in [6, 6.07) is 3.76. The summed E-state index contributed by atoms with van der Waals surface area (Å²) in [7, 11) is 0. The molecule has 2 rings (SSSR count). The molecule has 5 nitrogen and oxygen atoms in total. The molecule has 2 aromatic rings. The van der Waals surface area contributed by atoms with Crippen LogP contribution < -0.4 is 5.32 Å². The number of rotatable bonds is 3. The molecule has 0 radical (unpaired) electrons. The minimum Gasteiger partial charge on any atom is -0.343 e. The number of nitrogens with one attached hydrogen (secondary N) is 1. The number of aryl methyl sites for hydroxylation is 1. The van der Waals surface area contributed by atoms with Gasteiger partial charge in [0, 0.05) is 5.02 Å². The van der Waals surface area contributed by atoms with Crippen molar-refractivity contribution < 1.29 is 13.7 Å². The first kappa shape index (κ1) is 12.5. The molecule has 0 aliphatic heterocycles. The van der Waals surface area contributed by atoms with Gasteiger partial charge in [-0.05, 0) is 25.1 Å². The van der Waals surface area contributed by atoms with Crippen LogP contribution in [0.5, 0.6) is 0 Å². The molecule has 1 heterocycles. The molecule has 1 N–H and O–H groups in total. The van der Waals surface area contributed by atoms with E-state index in [4.69, 9.17) is 16.1 Å². The summed E-state index contributed by atoms with van der Waals surface area (Å²) in [5.41, 5.74) is -0.126. The van der Waals surface area contributed by atoms with E-state index in [1.165, 1.54) is 12.1 Å². The first-order valence-corrected chi connectivity index (χ1v) is 5.46. The lowest BCUT2D eigenvalue weighted by atomic mass is 10.2. The van der Waals surface area contributed by atoms with Crippen molar-refractivity contribution in [2.24, 2.45) is 0 Å². The standard InChI is InChI=1S/C11H9ClFN3O2/c1-6-15-10(18-16-6)5-14-11(17)8-4-7(12)2-3-9(8)13/h2-4H,5H2,1H3,(H,14,17). The van der Waals surface area contributed by atoms with Crippen molar-refractivity contribution in [1.29, 1.82) is 0 Å². The molecule has 1 amide bonds. The summed E-state index contributed by atoms with van der Waals surface area (Å²) < 4.78 is 18.2. The maximum absolute atomic E-state index is 13.4. The fourth-order valence-corrected chi connectivity index (χ4v) is 1.51. The maximum atomic E-state index is 13.4. The van der Waals surface area contributed by atoms with Gasteiger partial charge < -0.3 is 9.84 Å². The summed E-state index contributed by atoms with van der Waals surface area (Å²) >= 11 is 5.69. The topological polar surface area (TPSA) is 68.0 Å². The molecular weight excluding hydrogens is 261 g/mol. The molecule has 0 fully saturated rings. The van der Waals surface area contributed by atoms with E-state index in [0.717, 1.165) is 6.07 Å². The number of nitrogens with zero attached hydrogens (tertiary/aromatic N) is 2. The highest BCUT2D eigenvalue weighted by molar-refractivity contribution is 6.30. The van der Waals surface area contributed by atoms with Crippen LogP contribution in [-0.2, 0) is 6.54 Å². The van der Waals surface area contributed by atoms with Gasteiger partial charge in [-0.1, -0.05) is 16.8 Å². The number of carbonyl (C=O) groups excluding carboxylic acids is 1. The summed E-state index contributed by atoms with van der Waals surface area (Å²) in [5.74, 6) is -0.513. The van der Waals surface area contributed by atoms with Crippen LogP contribution in [0, 0.1) is 12.7 Å². The summed E-state index contributed by atoms with van der Waals surface area (Å²) in [6.07, 6.45) is 0. The summed E-state index contributed by atoms with van der Waals surface area (Å²) in [6.45, 7) is 1.69. The van der Waals surface area contributed by atoms with Crippen LogP contribution in [0.25, 0.3) is 0 Å². The highest BCUT2D eigenvalue weighted by Gasteiger charge is 2.13. The average Bonchev–Trinajstić information content (AvgIpc) is 2.75. The Labute approximate surface area is 107 Å². The molecule has 0 aliphatic rings. The number of amides is 1. The first-order valence-electron chi connectivity index (χ1n) is 5.08. The second kappa shape index (κ2) is 5.14. The van der Waals surface area contributed by atoms with E-state index < -0.39 is 11.7 Å². The average molecular weight is 270 g/mol. The Morgan fingerprint density at radius 2 is 2.33 bits per heavy atom. The zero-order chi connectivity index (χ0) is 13.1. The van der Waals surface area contributed by atoms with Crippen molar-refractivity contribution in [2.75, 3.05) is 0 Å². The molecule has 0 spiro atoms. The van der Waals surface area contributed by atoms with E-state index >= 15 is 0 Å². The highest BCUT2D eigenvalue weighted by Crippen LogP contribution is 2.14. The Morgan fingerprint density at radius 3 is 3.00 bits per heavy atom. The Kier molecular flexibility index (Phi) is 3.57. The van der Waals surface area contributed by atoms with Crippen LogP contribution in [0.2, 0.25) is 5.02 Å². The molecule has 7 heteroatoms. The molecular formula is C11H9ClFN3O2. The van der Waals surface area contributed by atoms with E-state index in [1.54, 1.807) is 6.92 Å². The third-order valence-corrected chi connectivity index (χ3v) is 2.38. The van der Waals surface area contributed by atoms with Gasteiger partial charge in [0.15, 0.2) is 5.82 Å². The van der Waals surface area contributed by atoms with Crippen molar-refractivity contribution in [2.45, 2.75) is 13.5 Å². The van der Waals surface area contributed by atoms with Gasteiger partial charge in [0.25, 0.3) is 5.91 Å². The second-order valence-electron chi connectivity index (χ2n) is 3.54. The predicted molar refractivity (Wildman–Crippen MR) is 61.6 cm³/mol. The predicted octanol–water partition coefficient (Wildman–Crippen LogP) is 2.10. The van der Waals surface area contributed by atoms with Gasteiger partial charge >= 0.3 is 0 Å². The molecule has 0 aliphatic carbocycles. The van der Waals surface area contributed by atoms with Gasteiger partial charge in [0.2, 0.25) is 5.89 Å². The highest BCUT2D eigenvalue weighted by atomic mass is 35.5. The zero-order valence-corrected chi connectivity index (χ0v) is 10.2. The van der Waals surface area contributed by atoms with Crippen molar-refractivity contribution in [3.63, 3.8) is 0 Å². The van der Waals surface area contributed by atoms with Crippen molar-refractivity contribution in [3.8, 4) is 0 Å². The van der Waals surface area contributed by atoms with Gasteiger partial charge in [-0.3, -0.25) is 4.79 Å². The fraction of sp³-hybridized carbons (Fsp3) is 0.182. The van der Waals surface area contributed by atoms with Crippen LogP contribution in [0.15, 0.2) is 22.7 Å². The van der Waals surface area contributed by atoms with Crippen molar-refractivity contribution >= 4 is 17.5 Å². The van der Waals surface area contributed by atoms with Crippen LogP contribution in [0.4, 0.5) is 4.39 Å². The van der Waals surface area contributed by atoms with Gasteiger partial charge in [-0.15, -0.1) is 0 Å². The van der Waals surface area contributed by atoms with E-state index in [-0.39, 0.29) is 23.0 Å². The molecule has 1 aromatic carbocycles. The molecule has 18 heavy (non-hydrogen) atoms. The Morgan fingerprint density at radius 1 is 1.56 bits per heavy atom. The number of aromatic nitrogens is 2. The van der Waals surface area contributed by atoms with Crippen molar-refractivity contribution in [3.05, 3.63) is 46.3 Å². The Balaban J connectivity index is 2.05. The van der Waals surface area contributed by atoms with E-state index in [9.17, 15) is 9.18 Å². The monoisotopic (exact) mass is 269 g/mol. The second-order valence-corrected chi connectivity index (χ2v) is 3.98. The summed E-state index contributed by atoms with van der Waals surface area (Å²) in [4.78, 5) is 15.6. The Bertz CT molecular complexity index is 585. The number of benzene rings is 1. The number of hydrogen-bond acceptors (Lipinski definition) is 4. The molecule has 94 valence electrons. The molecule has 1 aromatic heterocycles. The van der Waals surface area contributed by atoms with Gasteiger partial charge in [-0.2, -0.15) is 4.98 Å². The minimum absolute atomic E-state index is 0.0334. The maximum Gasteiger partial charge on any atom is 0.254 e. The van der Waals surface area contributed by atoms with Crippen LogP contribution >= 0.6 is 11.6 Å². The van der Waals surface area contributed by atoms with Crippen LogP contribution in [0.3, 0.4) is 0 Å². The van der Waals surface area contributed by atoms with E-state index in [1.807, 2.05) is 0 Å². The summed E-state index contributed by atoms with van der Waals surface area (Å²) in [5, 5.41) is 6.32. The largest absolute Gasteiger partial charge is 0.343 e. The molecule has 0 saturated carbocycles. The first-order chi connectivity index (χ1) is 8.56. The Hall–Kier alpha value is -1.95. The van der Waals surface area contributed by atoms with Crippen LogP contribution in [0.1, 0.15) is 22.1 Å². The van der Waals surface area contributed by atoms with E-state index in [2.05, 4.69) is 15.5 Å². The van der Waals surface area contributed by atoms with Gasteiger partial charge in [-0.25, -0.2) is 4.39 Å². The number of carbonyl (C=O) groups is 1. The minimum atomic E-state index is -0.640. The molecule has 0 bridgehead atoms. The van der Waals surface area contributed by atoms with Crippen LogP contribution in [-0.4, -0.2) is 16.0 Å². The lowest BCUT2D eigenvalue weighted by molar-refractivity contribution is 0.0942. The smallest absolute Gasteiger partial charge is 0.254 e. The third-order valence-electron chi connectivity index (χ3n) is 2.14. The molecule has 0 unspecified atom stereocenters. The van der Waals surface area contributed by atoms with Crippen molar-refractivity contribution in [1.82, 2.24) is 15.5 Å². The SMILES string of the molecule is Cc1noc(CNC(=O)c2cc(Cl)ccc2F)n1. The van der Waals surface area contributed by atoms with E-state index in [0.29, 0.717) is 5.82 Å².